The quantitative estimate of drug-likeness (QED) is 0.0197. The molecule has 0 amide bonds. The van der Waals surface area contributed by atoms with Gasteiger partial charge in [-0.05, 0) is 70.6 Å². The summed E-state index contributed by atoms with van der Waals surface area (Å²) >= 11 is 0. The first-order chi connectivity index (χ1) is 32.1. The maximum absolute atomic E-state index is 12.8. The molecule has 1 aliphatic rings. The number of carbonyl (C=O) groups is 1. The summed E-state index contributed by atoms with van der Waals surface area (Å²) in [5, 5.41) is 30.7. The van der Waals surface area contributed by atoms with E-state index in [0.29, 0.717) is 13.0 Å². The zero-order valence-electron chi connectivity index (χ0n) is 41.0. The van der Waals surface area contributed by atoms with E-state index in [1.165, 1.54) is 116 Å². The predicted octanol–water partition coefficient (Wildman–Crippen LogP) is 11.9. The van der Waals surface area contributed by atoms with E-state index in [1.54, 1.807) is 0 Å². The van der Waals surface area contributed by atoms with Gasteiger partial charge in [-0.1, -0.05) is 189 Å². The topological polar surface area (TPSA) is 178 Å². The molecule has 0 aliphatic carbocycles. The van der Waals surface area contributed by atoms with E-state index < -0.39 is 59.8 Å². The Hall–Kier alpha value is -2.46. The van der Waals surface area contributed by atoms with Crippen LogP contribution in [0.3, 0.4) is 0 Å². The number of rotatable bonds is 44. The van der Waals surface area contributed by atoms with Gasteiger partial charge in [0.2, 0.25) is 0 Å². The fourth-order valence-electron chi connectivity index (χ4n) is 7.48. The fraction of sp³-hybridized carbons (Fsp3) is 0.755. The largest absolute Gasteiger partial charge is 0.457 e. The Balaban J connectivity index is 2.32. The van der Waals surface area contributed by atoms with Crippen molar-refractivity contribution in [2.45, 2.75) is 230 Å². The van der Waals surface area contributed by atoms with Gasteiger partial charge >= 0.3 is 16.4 Å². The fourth-order valence-corrected chi connectivity index (χ4v) is 7.99. The average Bonchev–Trinajstić information content (AvgIpc) is 3.29. The third-order valence-corrected chi connectivity index (χ3v) is 11.8. The third-order valence-electron chi connectivity index (χ3n) is 11.3. The Morgan fingerprint density at radius 3 is 1.53 bits per heavy atom. The maximum atomic E-state index is 12.8. The zero-order valence-corrected chi connectivity index (χ0v) is 41.8. The van der Waals surface area contributed by atoms with E-state index in [4.69, 9.17) is 18.9 Å². The second-order valence-electron chi connectivity index (χ2n) is 17.4. The summed E-state index contributed by atoms with van der Waals surface area (Å²) in [4.78, 5) is 12.8. The summed E-state index contributed by atoms with van der Waals surface area (Å²) in [5.41, 5.74) is 0. The SMILES string of the molecule is CC/C=C\C/C=C\C/C=C\C/C=C\CCC(=O)OC(COCCCCCCCCCCCCCCCC/C=C\C/C=C\CCCCCCC)COC1OC(CO)C(O)C(OS(=O)(=O)O)C1O. The molecular weight excluding hydrogens is 861 g/mol. The molecule has 0 bridgehead atoms. The molecule has 0 spiro atoms. The molecule has 1 rings (SSSR count). The molecule has 382 valence electrons. The first-order valence-electron chi connectivity index (χ1n) is 25.7. The van der Waals surface area contributed by atoms with Crippen LogP contribution in [0.15, 0.2) is 72.9 Å². The van der Waals surface area contributed by atoms with Gasteiger partial charge in [-0.2, -0.15) is 8.42 Å². The smallest absolute Gasteiger partial charge is 0.397 e. The lowest BCUT2D eigenvalue weighted by atomic mass is 9.99. The standard InChI is InChI=1S/C53H92O12S/c1-3-5-7-9-11-13-15-17-18-19-20-21-22-23-24-25-26-27-28-29-31-33-35-37-39-41-43-61-45-47(46-62-53-51(57)52(65-66(58,59)60)50(56)48(44-54)64-53)63-49(55)42-40-38-36-34-32-30-16-14-12-10-8-6-4-2/h6,8,12,14-15,17,19-20,30,32,36,38,47-48,50-54,56-57H,3-5,7,9-11,13,16,18,21-29,31,33-35,37,39-46H2,1-2H3,(H,58,59,60)/b8-6-,14-12-,17-15-,20-19-,32-30-,38-36-. The van der Waals surface area contributed by atoms with Gasteiger partial charge in [0.05, 0.1) is 19.8 Å². The number of aliphatic hydroxyl groups excluding tert-OH is 3. The third kappa shape index (κ3) is 36.6. The molecule has 1 fully saturated rings. The highest BCUT2D eigenvalue weighted by Crippen LogP contribution is 2.26. The Kier molecular flexibility index (Phi) is 40.8. The van der Waals surface area contributed by atoms with Crippen LogP contribution in [0.5, 0.6) is 0 Å². The van der Waals surface area contributed by atoms with Crippen molar-refractivity contribution in [1.29, 1.82) is 0 Å². The molecule has 6 unspecified atom stereocenters. The van der Waals surface area contributed by atoms with E-state index in [1.807, 2.05) is 12.2 Å². The summed E-state index contributed by atoms with van der Waals surface area (Å²) in [5.74, 6) is -0.479. The maximum Gasteiger partial charge on any atom is 0.397 e. The molecule has 0 aromatic rings. The number of aliphatic hydroxyl groups is 3. The van der Waals surface area contributed by atoms with Crippen LogP contribution in [0, 0.1) is 0 Å². The lowest BCUT2D eigenvalue weighted by molar-refractivity contribution is -0.301. The molecule has 0 aromatic carbocycles. The van der Waals surface area contributed by atoms with Crippen LogP contribution >= 0.6 is 0 Å². The molecule has 13 heteroatoms. The molecule has 0 aromatic heterocycles. The number of unbranched alkanes of at least 4 members (excludes halogenated alkanes) is 19. The van der Waals surface area contributed by atoms with Crippen molar-refractivity contribution in [2.24, 2.45) is 0 Å². The number of carbonyl (C=O) groups excluding carboxylic acids is 1. The van der Waals surface area contributed by atoms with Gasteiger partial charge in [-0.3, -0.25) is 9.35 Å². The van der Waals surface area contributed by atoms with Crippen molar-refractivity contribution in [3.63, 3.8) is 0 Å². The summed E-state index contributed by atoms with van der Waals surface area (Å²) in [7, 11) is -5.07. The van der Waals surface area contributed by atoms with Gasteiger partial charge < -0.3 is 34.3 Å². The van der Waals surface area contributed by atoms with Crippen LogP contribution in [0.4, 0.5) is 0 Å². The molecule has 66 heavy (non-hydrogen) atoms. The van der Waals surface area contributed by atoms with E-state index in [2.05, 4.69) is 78.8 Å². The van der Waals surface area contributed by atoms with E-state index in [9.17, 15) is 33.1 Å². The second kappa shape index (κ2) is 43.8. The monoisotopic (exact) mass is 953 g/mol. The van der Waals surface area contributed by atoms with E-state index in [-0.39, 0.29) is 19.6 Å². The summed E-state index contributed by atoms with van der Waals surface area (Å²) in [6.45, 7) is 3.77. The van der Waals surface area contributed by atoms with Crippen molar-refractivity contribution in [3.05, 3.63) is 72.9 Å². The van der Waals surface area contributed by atoms with E-state index in [0.717, 1.165) is 51.4 Å². The van der Waals surface area contributed by atoms with Gasteiger partial charge in [-0.25, -0.2) is 4.18 Å². The number of allylic oxidation sites excluding steroid dienone is 12. The van der Waals surface area contributed by atoms with Crippen LogP contribution < -0.4 is 0 Å². The van der Waals surface area contributed by atoms with Gasteiger partial charge in [0.25, 0.3) is 0 Å². The second-order valence-corrected chi connectivity index (χ2v) is 18.4. The molecule has 12 nitrogen and oxygen atoms in total. The molecule has 0 radical (unpaired) electrons. The van der Waals surface area contributed by atoms with Crippen molar-refractivity contribution >= 4 is 16.4 Å². The molecular formula is C53H92O12S. The van der Waals surface area contributed by atoms with Crippen LogP contribution in [-0.2, 0) is 38.3 Å². The Bertz CT molecular complexity index is 1420. The molecule has 1 aliphatic heterocycles. The number of esters is 1. The van der Waals surface area contributed by atoms with Gasteiger partial charge in [0, 0.05) is 13.0 Å². The summed E-state index contributed by atoms with van der Waals surface area (Å²) < 4.78 is 59.1. The van der Waals surface area contributed by atoms with Gasteiger partial charge in [-0.15, -0.1) is 0 Å². The normalized spacial score (nSPS) is 20.1. The van der Waals surface area contributed by atoms with Crippen LogP contribution in [0.2, 0.25) is 0 Å². The minimum absolute atomic E-state index is 0.00428. The van der Waals surface area contributed by atoms with E-state index >= 15 is 0 Å². The van der Waals surface area contributed by atoms with Gasteiger partial charge in [0.1, 0.15) is 30.5 Å². The van der Waals surface area contributed by atoms with Crippen molar-refractivity contribution in [2.75, 3.05) is 26.4 Å². The van der Waals surface area contributed by atoms with Crippen molar-refractivity contribution in [3.8, 4) is 0 Å². The lowest BCUT2D eigenvalue weighted by Crippen LogP contribution is -2.60. The minimum Gasteiger partial charge on any atom is -0.457 e. The minimum atomic E-state index is -5.07. The number of hydrogen-bond donors (Lipinski definition) is 4. The first kappa shape index (κ1) is 61.6. The van der Waals surface area contributed by atoms with Crippen LogP contribution in [0.25, 0.3) is 0 Å². The number of hydrogen-bond acceptors (Lipinski definition) is 11. The Labute approximate surface area is 401 Å². The summed E-state index contributed by atoms with van der Waals surface area (Å²) in [6.07, 6.45) is 48.3. The molecule has 6 atom stereocenters. The molecule has 0 saturated carbocycles. The van der Waals surface area contributed by atoms with Crippen LogP contribution in [-0.4, -0.2) is 97.5 Å². The molecule has 4 N–H and O–H groups in total. The Morgan fingerprint density at radius 1 is 0.591 bits per heavy atom. The molecule has 1 heterocycles. The highest BCUT2D eigenvalue weighted by molar-refractivity contribution is 7.80. The lowest BCUT2D eigenvalue weighted by Gasteiger charge is -2.41. The highest BCUT2D eigenvalue weighted by atomic mass is 32.3. The molecule has 1 saturated heterocycles. The number of ether oxygens (including phenoxy) is 4. The van der Waals surface area contributed by atoms with Crippen molar-refractivity contribution in [1.82, 2.24) is 0 Å². The predicted molar refractivity (Wildman–Crippen MR) is 266 cm³/mol. The Morgan fingerprint density at radius 2 is 1.05 bits per heavy atom. The van der Waals surface area contributed by atoms with Gasteiger partial charge in [0.15, 0.2) is 6.29 Å². The average molecular weight is 953 g/mol. The van der Waals surface area contributed by atoms with Crippen LogP contribution in [0.1, 0.15) is 194 Å². The summed E-state index contributed by atoms with van der Waals surface area (Å²) in [6, 6.07) is 0. The zero-order chi connectivity index (χ0) is 48.2. The van der Waals surface area contributed by atoms with Crippen molar-refractivity contribution < 1.29 is 56.2 Å². The first-order valence-corrected chi connectivity index (χ1v) is 27.1. The highest BCUT2D eigenvalue weighted by Gasteiger charge is 2.48.